The lowest BCUT2D eigenvalue weighted by atomic mass is 9.96. The smallest absolute Gasteiger partial charge is 0.316 e. The van der Waals surface area contributed by atoms with Crippen LogP contribution in [0.3, 0.4) is 0 Å². The molecule has 0 N–H and O–H groups in total. The molecule has 1 heterocycles. The second-order valence-corrected chi connectivity index (χ2v) is 3.12. The number of carbonyl (C=O) groups is 2. The fraction of sp³-hybridized carbons (Fsp3) is 0.455. The Morgan fingerprint density at radius 1 is 1.50 bits per heavy atom. The van der Waals surface area contributed by atoms with Crippen LogP contribution in [-0.4, -0.2) is 18.4 Å². The van der Waals surface area contributed by atoms with Crippen LogP contribution in [0, 0.1) is 5.92 Å². The van der Waals surface area contributed by atoms with E-state index in [-0.39, 0.29) is 11.8 Å². The molecule has 3 heteroatoms. The summed E-state index contributed by atoms with van der Waals surface area (Å²) in [6.45, 7) is 3.99. The van der Waals surface area contributed by atoms with Crippen molar-refractivity contribution in [1.29, 1.82) is 0 Å². The lowest BCUT2D eigenvalue weighted by molar-refractivity contribution is -0.143. The quantitative estimate of drug-likeness (QED) is 0.297. The highest BCUT2D eigenvalue weighted by molar-refractivity contribution is 6.10. The van der Waals surface area contributed by atoms with Gasteiger partial charge in [0, 0.05) is 12.0 Å². The van der Waals surface area contributed by atoms with E-state index in [4.69, 9.17) is 4.74 Å². The molecule has 0 aromatic heterocycles. The highest BCUT2D eigenvalue weighted by Crippen LogP contribution is 2.19. The van der Waals surface area contributed by atoms with E-state index in [1.54, 1.807) is 25.2 Å². The molecule has 1 aliphatic rings. The van der Waals surface area contributed by atoms with Gasteiger partial charge in [-0.05, 0) is 13.8 Å². The highest BCUT2D eigenvalue weighted by atomic mass is 16.5. The summed E-state index contributed by atoms with van der Waals surface area (Å²) in [6.07, 6.45) is 5.72. The van der Waals surface area contributed by atoms with E-state index in [1.165, 1.54) is 0 Å². The zero-order valence-corrected chi connectivity index (χ0v) is 8.45. The first-order valence-corrected chi connectivity index (χ1v) is 4.70. The molecule has 76 valence electrons. The van der Waals surface area contributed by atoms with Crippen molar-refractivity contribution in [2.24, 2.45) is 5.92 Å². The topological polar surface area (TPSA) is 43.4 Å². The fourth-order valence-electron chi connectivity index (χ4n) is 1.44. The van der Waals surface area contributed by atoms with Gasteiger partial charge < -0.3 is 4.74 Å². The summed E-state index contributed by atoms with van der Waals surface area (Å²) in [7, 11) is 0. The van der Waals surface area contributed by atoms with E-state index in [2.05, 4.69) is 0 Å². The van der Waals surface area contributed by atoms with E-state index < -0.39 is 5.92 Å². The Labute approximate surface area is 83.4 Å². The third-order valence-corrected chi connectivity index (χ3v) is 2.19. The number of esters is 1. The zero-order chi connectivity index (χ0) is 10.6. The molecule has 0 radical (unpaired) electrons. The average molecular weight is 194 g/mol. The van der Waals surface area contributed by atoms with Crippen LogP contribution in [-0.2, 0) is 14.3 Å². The van der Waals surface area contributed by atoms with Crippen molar-refractivity contribution in [2.75, 3.05) is 6.61 Å². The van der Waals surface area contributed by atoms with Crippen molar-refractivity contribution >= 4 is 11.8 Å². The zero-order valence-electron chi connectivity index (χ0n) is 8.45. The molecule has 3 nitrogen and oxygen atoms in total. The van der Waals surface area contributed by atoms with Gasteiger partial charge in [0.1, 0.15) is 5.92 Å². The first kappa shape index (κ1) is 10.7. The van der Waals surface area contributed by atoms with Crippen LogP contribution < -0.4 is 0 Å². The van der Waals surface area contributed by atoms with Gasteiger partial charge in [-0.3, -0.25) is 9.59 Å². The summed E-state index contributed by atoms with van der Waals surface area (Å²) in [5.74, 6) is -1.11. The summed E-state index contributed by atoms with van der Waals surface area (Å²) in [5, 5.41) is 0. The summed E-state index contributed by atoms with van der Waals surface area (Å²) in [5.41, 5.74) is 0.580. The molecule has 1 fully saturated rings. The maximum Gasteiger partial charge on any atom is 0.316 e. The maximum absolute atomic E-state index is 11.8. The van der Waals surface area contributed by atoms with Crippen LogP contribution in [0.25, 0.3) is 0 Å². The molecule has 0 saturated carbocycles. The standard InChI is InChI=1S/C11H14O3/c1-3-5-8(4-2)10(12)9-6-7-14-11(9)13/h3-5,9H,6-7H2,1-2H3/b5-3-,8-4+. The lowest BCUT2D eigenvalue weighted by Crippen LogP contribution is -2.20. The summed E-state index contributed by atoms with van der Waals surface area (Å²) < 4.78 is 4.75. The van der Waals surface area contributed by atoms with Crippen molar-refractivity contribution in [1.82, 2.24) is 0 Å². The summed E-state index contributed by atoms with van der Waals surface area (Å²) in [6, 6.07) is 0. The van der Waals surface area contributed by atoms with E-state index in [0.29, 0.717) is 18.6 Å². The van der Waals surface area contributed by atoms with E-state index in [9.17, 15) is 9.59 Å². The lowest BCUT2D eigenvalue weighted by Gasteiger charge is -2.04. The fourth-order valence-corrected chi connectivity index (χ4v) is 1.44. The Morgan fingerprint density at radius 3 is 2.64 bits per heavy atom. The van der Waals surface area contributed by atoms with E-state index >= 15 is 0 Å². The number of allylic oxidation sites excluding steroid dienone is 4. The second-order valence-electron chi connectivity index (χ2n) is 3.12. The van der Waals surface area contributed by atoms with Crippen molar-refractivity contribution < 1.29 is 14.3 Å². The van der Waals surface area contributed by atoms with Crippen LogP contribution in [0.15, 0.2) is 23.8 Å². The third kappa shape index (κ3) is 2.10. The molecule has 1 unspecified atom stereocenters. The van der Waals surface area contributed by atoms with Gasteiger partial charge in [-0.1, -0.05) is 18.2 Å². The SMILES string of the molecule is C/C=C\C(=C/C)C(=O)C1CCOC1=O. The van der Waals surface area contributed by atoms with Crippen LogP contribution in [0.1, 0.15) is 20.3 Å². The monoisotopic (exact) mass is 194 g/mol. The number of hydrogen-bond donors (Lipinski definition) is 0. The first-order chi connectivity index (χ1) is 6.70. The van der Waals surface area contributed by atoms with Gasteiger partial charge in [0.2, 0.25) is 0 Å². The number of cyclic esters (lactones) is 1. The van der Waals surface area contributed by atoms with Gasteiger partial charge in [-0.15, -0.1) is 0 Å². The van der Waals surface area contributed by atoms with Crippen molar-refractivity contribution in [3.8, 4) is 0 Å². The molecule has 0 aromatic carbocycles. The van der Waals surface area contributed by atoms with Crippen LogP contribution in [0.4, 0.5) is 0 Å². The molecular formula is C11H14O3. The van der Waals surface area contributed by atoms with Crippen molar-refractivity contribution in [2.45, 2.75) is 20.3 Å². The van der Waals surface area contributed by atoms with Crippen LogP contribution in [0.2, 0.25) is 0 Å². The Hall–Kier alpha value is -1.38. The average Bonchev–Trinajstić information content (AvgIpc) is 2.59. The first-order valence-electron chi connectivity index (χ1n) is 4.70. The number of Topliss-reactive ketones (excluding diaryl/α,β-unsaturated/α-hetero) is 1. The molecule has 0 spiro atoms. The Bertz CT molecular complexity index is 300. The molecule has 0 aromatic rings. The van der Waals surface area contributed by atoms with Crippen molar-refractivity contribution in [3.05, 3.63) is 23.8 Å². The summed E-state index contributed by atoms with van der Waals surface area (Å²) >= 11 is 0. The number of ketones is 1. The minimum atomic E-state index is -0.586. The van der Waals surface area contributed by atoms with Gasteiger partial charge in [0.15, 0.2) is 5.78 Å². The Kier molecular flexibility index (Phi) is 3.63. The Morgan fingerprint density at radius 2 is 2.21 bits per heavy atom. The van der Waals surface area contributed by atoms with Crippen LogP contribution in [0.5, 0.6) is 0 Å². The van der Waals surface area contributed by atoms with Gasteiger partial charge in [-0.2, -0.15) is 0 Å². The van der Waals surface area contributed by atoms with E-state index in [1.807, 2.05) is 6.92 Å². The highest BCUT2D eigenvalue weighted by Gasteiger charge is 2.33. The van der Waals surface area contributed by atoms with Gasteiger partial charge in [0.05, 0.1) is 6.61 Å². The minimum absolute atomic E-state index is 0.131. The number of hydrogen-bond acceptors (Lipinski definition) is 3. The largest absolute Gasteiger partial charge is 0.465 e. The number of carbonyl (C=O) groups excluding carboxylic acids is 2. The number of rotatable bonds is 3. The predicted octanol–water partition coefficient (Wildman–Crippen LogP) is 1.64. The molecule has 0 aliphatic carbocycles. The second kappa shape index (κ2) is 4.74. The van der Waals surface area contributed by atoms with Gasteiger partial charge >= 0.3 is 5.97 Å². The Balaban J connectivity index is 2.78. The molecule has 1 saturated heterocycles. The van der Waals surface area contributed by atoms with Crippen LogP contribution >= 0.6 is 0 Å². The molecule has 1 atom stereocenters. The molecule has 14 heavy (non-hydrogen) atoms. The number of ether oxygens (including phenoxy) is 1. The predicted molar refractivity (Wildman–Crippen MR) is 52.6 cm³/mol. The van der Waals surface area contributed by atoms with Crippen molar-refractivity contribution in [3.63, 3.8) is 0 Å². The third-order valence-electron chi connectivity index (χ3n) is 2.19. The molecule has 0 bridgehead atoms. The maximum atomic E-state index is 11.8. The normalized spacial score (nSPS) is 22.9. The molecular weight excluding hydrogens is 180 g/mol. The molecule has 1 rings (SSSR count). The molecule has 0 amide bonds. The van der Waals surface area contributed by atoms with E-state index in [0.717, 1.165) is 0 Å². The summed E-state index contributed by atoms with van der Waals surface area (Å²) in [4.78, 5) is 22.9. The molecule has 1 aliphatic heterocycles. The minimum Gasteiger partial charge on any atom is -0.465 e. The van der Waals surface area contributed by atoms with Gasteiger partial charge in [-0.25, -0.2) is 0 Å². The van der Waals surface area contributed by atoms with Gasteiger partial charge in [0.25, 0.3) is 0 Å².